The largest absolute Gasteiger partial charge is 0.440 e. The molecule has 0 bridgehead atoms. The van der Waals surface area contributed by atoms with Gasteiger partial charge >= 0.3 is 6.61 Å². The number of rotatable bonds is 8. The summed E-state index contributed by atoms with van der Waals surface area (Å²) in [6.45, 7) is -2.22. The zero-order valence-electron chi connectivity index (χ0n) is 23.5. The summed E-state index contributed by atoms with van der Waals surface area (Å²) in [5.74, 6) is -0.254. The van der Waals surface area contributed by atoms with Crippen molar-refractivity contribution in [1.82, 2.24) is 10.3 Å². The molecule has 2 heterocycles. The molecule has 3 fully saturated rings. The van der Waals surface area contributed by atoms with Crippen LogP contribution in [-0.2, 0) is 14.6 Å². The summed E-state index contributed by atoms with van der Waals surface area (Å²) in [6.07, 6.45) is 4.26. The summed E-state index contributed by atoms with van der Waals surface area (Å²) >= 11 is 0. The highest BCUT2D eigenvalue weighted by atomic mass is 32.2. The smallest absolute Gasteiger partial charge is 0.387 e. The quantitative estimate of drug-likeness (QED) is 0.365. The second-order valence-corrected chi connectivity index (χ2v) is 13.8. The van der Waals surface area contributed by atoms with E-state index in [1.54, 1.807) is 18.2 Å². The number of nitrogens with one attached hydrogen (secondary N) is 1. The molecule has 2 aliphatic carbocycles. The number of oxazole rings is 1. The van der Waals surface area contributed by atoms with Crippen molar-refractivity contribution in [2.75, 3.05) is 29.5 Å². The SMILES string of the molecule is N#CC1(NC(=O)C2CCCCC2c2oc(-c3ccccc3OC(F)F)nc2-c2ccc(N3CCS(=O)(=O)CC3)cc2)CC1. The third-order valence-corrected chi connectivity index (χ3v) is 10.2. The molecular weight excluding hydrogens is 578 g/mol. The Bertz CT molecular complexity index is 1630. The van der Waals surface area contributed by atoms with Crippen LogP contribution in [0.2, 0.25) is 0 Å². The van der Waals surface area contributed by atoms with E-state index in [1.807, 2.05) is 29.2 Å². The summed E-state index contributed by atoms with van der Waals surface area (Å²) in [5, 5.41) is 12.5. The second-order valence-electron chi connectivity index (χ2n) is 11.5. The molecule has 9 nitrogen and oxygen atoms in total. The predicted octanol–water partition coefficient (Wildman–Crippen LogP) is 5.29. The molecule has 226 valence electrons. The van der Waals surface area contributed by atoms with Gasteiger partial charge in [-0.25, -0.2) is 13.4 Å². The molecule has 12 heteroatoms. The topological polar surface area (TPSA) is 126 Å². The van der Waals surface area contributed by atoms with Gasteiger partial charge < -0.3 is 19.4 Å². The molecule has 6 rings (SSSR count). The fourth-order valence-electron chi connectivity index (χ4n) is 6.02. The van der Waals surface area contributed by atoms with Gasteiger partial charge in [-0.15, -0.1) is 0 Å². The highest BCUT2D eigenvalue weighted by molar-refractivity contribution is 7.91. The zero-order chi connectivity index (χ0) is 30.2. The number of amides is 1. The van der Waals surface area contributed by atoms with Crippen LogP contribution in [0.15, 0.2) is 52.9 Å². The number of carbonyl (C=O) groups is 1. The molecule has 2 aromatic carbocycles. The molecule has 2 saturated carbocycles. The number of hydrogen-bond acceptors (Lipinski definition) is 8. The Morgan fingerprint density at radius 2 is 1.79 bits per heavy atom. The fourth-order valence-corrected chi connectivity index (χ4v) is 7.23. The molecular formula is C31H32F2N4O5S. The highest BCUT2D eigenvalue weighted by Crippen LogP contribution is 2.46. The summed E-state index contributed by atoms with van der Waals surface area (Å²) in [4.78, 5) is 20.3. The predicted molar refractivity (Wildman–Crippen MR) is 155 cm³/mol. The van der Waals surface area contributed by atoms with E-state index in [4.69, 9.17) is 14.1 Å². The molecule has 1 amide bonds. The van der Waals surface area contributed by atoms with Crippen molar-refractivity contribution in [1.29, 1.82) is 5.26 Å². The average molecular weight is 611 g/mol. The van der Waals surface area contributed by atoms with Gasteiger partial charge in [-0.05, 0) is 49.9 Å². The lowest BCUT2D eigenvalue weighted by Crippen LogP contribution is -2.42. The first-order chi connectivity index (χ1) is 20.7. The van der Waals surface area contributed by atoms with Gasteiger partial charge in [0.15, 0.2) is 9.84 Å². The molecule has 1 aliphatic heterocycles. The number of nitrogens with zero attached hydrogens (tertiary/aromatic N) is 3. The number of aromatic nitrogens is 1. The van der Waals surface area contributed by atoms with E-state index in [2.05, 4.69) is 11.4 Å². The van der Waals surface area contributed by atoms with Crippen LogP contribution < -0.4 is 15.0 Å². The third-order valence-electron chi connectivity index (χ3n) is 8.60. The molecule has 2 unspecified atom stereocenters. The van der Waals surface area contributed by atoms with Gasteiger partial charge in [0.1, 0.15) is 22.7 Å². The van der Waals surface area contributed by atoms with Gasteiger partial charge in [-0.1, -0.05) is 37.1 Å². The Kier molecular flexibility index (Phi) is 7.85. The van der Waals surface area contributed by atoms with Gasteiger partial charge in [0.05, 0.1) is 23.1 Å². The molecule has 3 aromatic rings. The maximum atomic E-state index is 13.5. The van der Waals surface area contributed by atoms with Crippen LogP contribution in [0.5, 0.6) is 5.75 Å². The fraction of sp³-hybridized carbons (Fsp3) is 0.452. The Morgan fingerprint density at radius 1 is 1.09 bits per heavy atom. The van der Waals surface area contributed by atoms with Crippen molar-refractivity contribution >= 4 is 21.4 Å². The maximum Gasteiger partial charge on any atom is 0.387 e. The first-order valence-electron chi connectivity index (χ1n) is 14.5. The van der Waals surface area contributed by atoms with Gasteiger partial charge in [0.2, 0.25) is 11.8 Å². The maximum absolute atomic E-state index is 13.5. The lowest BCUT2D eigenvalue weighted by molar-refractivity contribution is -0.127. The van der Waals surface area contributed by atoms with Crippen molar-refractivity contribution < 1.29 is 31.1 Å². The Hall–Kier alpha value is -3.98. The van der Waals surface area contributed by atoms with Gasteiger partial charge in [-0.2, -0.15) is 14.0 Å². The molecule has 2 atom stereocenters. The first kappa shape index (κ1) is 29.1. The lowest BCUT2D eigenvalue weighted by atomic mass is 9.76. The van der Waals surface area contributed by atoms with Crippen LogP contribution in [0.25, 0.3) is 22.7 Å². The molecule has 1 aromatic heterocycles. The minimum atomic E-state index is -3.03. The number of halogens is 2. The van der Waals surface area contributed by atoms with Crippen LogP contribution in [0.3, 0.4) is 0 Å². The summed E-state index contributed by atoms with van der Waals surface area (Å²) in [7, 11) is -3.02. The van der Waals surface area contributed by atoms with Crippen LogP contribution in [0, 0.1) is 17.2 Å². The number of hydrogen-bond donors (Lipinski definition) is 1. The summed E-state index contributed by atoms with van der Waals surface area (Å²) in [5.41, 5.74) is 1.55. The molecule has 3 aliphatic rings. The number of carbonyl (C=O) groups excluding carboxylic acids is 1. The van der Waals surface area contributed by atoms with Gasteiger partial charge in [0.25, 0.3) is 0 Å². The summed E-state index contributed by atoms with van der Waals surface area (Å²) in [6, 6.07) is 16.0. The number of ether oxygens (including phenoxy) is 1. The van der Waals surface area contributed by atoms with Crippen LogP contribution in [0.4, 0.5) is 14.5 Å². The van der Waals surface area contributed by atoms with Gasteiger partial charge in [0, 0.05) is 36.2 Å². The van der Waals surface area contributed by atoms with E-state index in [-0.39, 0.29) is 40.5 Å². The van der Waals surface area contributed by atoms with E-state index in [1.165, 1.54) is 6.07 Å². The minimum Gasteiger partial charge on any atom is -0.440 e. The first-order valence-corrected chi connectivity index (χ1v) is 16.3. The molecule has 1 saturated heterocycles. The lowest BCUT2D eigenvalue weighted by Gasteiger charge is -2.30. The average Bonchev–Trinajstić information content (AvgIpc) is 3.64. The number of nitriles is 1. The third kappa shape index (κ3) is 6.22. The van der Waals surface area contributed by atoms with Crippen molar-refractivity contribution in [2.45, 2.75) is 56.6 Å². The van der Waals surface area contributed by atoms with Crippen molar-refractivity contribution in [3.8, 4) is 34.5 Å². The van der Waals surface area contributed by atoms with Crippen LogP contribution >= 0.6 is 0 Å². The van der Waals surface area contributed by atoms with Crippen molar-refractivity contribution in [2.24, 2.45) is 5.92 Å². The Labute approximate surface area is 248 Å². The van der Waals surface area contributed by atoms with E-state index >= 15 is 0 Å². The molecule has 1 N–H and O–H groups in total. The number of anilines is 1. The second kappa shape index (κ2) is 11.6. The van der Waals surface area contributed by atoms with Gasteiger partial charge in [-0.3, -0.25) is 4.79 Å². The van der Waals surface area contributed by atoms with Crippen LogP contribution in [-0.4, -0.2) is 56.1 Å². The summed E-state index contributed by atoms with van der Waals surface area (Å²) < 4.78 is 61.4. The van der Waals surface area contributed by atoms with E-state index in [9.17, 15) is 27.3 Å². The standard InChI is InChI=1S/C31H32F2N4O5S/c32-30(33)41-25-8-4-3-7-24(25)29-35-26(20-9-11-21(12-10-20)37-15-17-43(39,40)18-16-37)27(42-29)22-5-1-2-6-23(22)28(38)36-31(19-34)13-14-31/h3-4,7-12,22-23,30H,1-2,5-6,13-18H2,(H,36,38). The molecule has 43 heavy (non-hydrogen) atoms. The van der Waals surface area contributed by atoms with Crippen molar-refractivity contribution in [3.05, 3.63) is 54.3 Å². The Balaban J connectivity index is 1.38. The number of benzene rings is 2. The Morgan fingerprint density at radius 3 is 2.47 bits per heavy atom. The molecule has 0 spiro atoms. The minimum absolute atomic E-state index is 0.0742. The van der Waals surface area contributed by atoms with Crippen LogP contribution in [0.1, 0.15) is 50.2 Å². The number of alkyl halides is 2. The normalized spacial score (nSPS) is 22.5. The zero-order valence-corrected chi connectivity index (χ0v) is 24.3. The monoisotopic (exact) mass is 610 g/mol. The van der Waals surface area contributed by atoms with E-state index < -0.39 is 27.9 Å². The number of sulfone groups is 1. The highest BCUT2D eigenvalue weighted by Gasteiger charge is 2.47. The molecule has 0 radical (unpaired) electrons. The van der Waals surface area contributed by atoms with E-state index in [0.29, 0.717) is 55.8 Å². The number of para-hydroxylation sites is 1. The van der Waals surface area contributed by atoms with E-state index in [0.717, 1.165) is 18.5 Å². The van der Waals surface area contributed by atoms with Crippen molar-refractivity contribution in [3.63, 3.8) is 0 Å².